The molecule has 0 atom stereocenters. The maximum absolute atomic E-state index is 12.9. The fourth-order valence-electron chi connectivity index (χ4n) is 3.35. The van der Waals surface area contributed by atoms with E-state index in [1.54, 1.807) is 11.0 Å². The van der Waals surface area contributed by atoms with Crippen LogP contribution in [0.5, 0.6) is 0 Å². The van der Waals surface area contributed by atoms with Gasteiger partial charge >= 0.3 is 5.97 Å². The number of aryl methyl sites for hydroxylation is 3. The summed E-state index contributed by atoms with van der Waals surface area (Å²) in [5.41, 5.74) is 2.64. The molecule has 0 aliphatic carbocycles. The molecule has 0 fully saturated rings. The Morgan fingerprint density at radius 1 is 1.29 bits per heavy atom. The van der Waals surface area contributed by atoms with E-state index in [2.05, 4.69) is 15.3 Å². The normalized spacial score (nSPS) is 14.0. The molecule has 9 nitrogen and oxygen atoms in total. The summed E-state index contributed by atoms with van der Waals surface area (Å²) >= 11 is 0. The topological polar surface area (TPSA) is 117 Å². The molecule has 0 unspecified atom stereocenters. The molecule has 1 aliphatic heterocycles. The number of rotatable bonds is 5. The Morgan fingerprint density at radius 2 is 2.14 bits per heavy atom. The first-order chi connectivity index (χ1) is 13.5. The van der Waals surface area contributed by atoms with E-state index in [0.717, 1.165) is 23.6 Å². The maximum atomic E-state index is 12.9. The minimum Gasteiger partial charge on any atom is -0.481 e. The first kappa shape index (κ1) is 18.0. The Kier molecular flexibility index (Phi) is 4.72. The molecule has 4 heterocycles. The van der Waals surface area contributed by atoms with Crippen LogP contribution in [0, 0.1) is 6.92 Å². The highest BCUT2D eigenvalue weighted by molar-refractivity contribution is 5.93. The lowest BCUT2D eigenvalue weighted by Crippen LogP contribution is -2.31. The zero-order valence-electron chi connectivity index (χ0n) is 15.5. The maximum Gasteiger partial charge on any atom is 0.303 e. The van der Waals surface area contributed by atoms with Gasteiger partial charge in [-0.3, -0.25) is 19.4 Å². The average molecular weight is 383 g/mol. The molecule has 0 spiro atoms. The number of H-pyrrole nitrogens is 1. The third kappa shape index (κ3) is 3.68. The molecular formula is C19H21N5O4. The summed E-state index contributed by atoms with van der Waals surface area (Å²) in [6.45, 7) is 3.58. The molecule has 4 rings (SSSR count). The van der Waals surface area contributed by atoms with Crippen LogP contribution in [0.2, 0.25) is 0 Å². The summed E-state index contributed by atoms with van der Waals surface area (Å²) in [6.07, 6.45) is 1.20. The van der Waals surface area contributed by atoms with Gasteiger partial charge in [-0.1, -0.05) is 0 Å². The largest absolute Gasteiger partial charge is 0.481 e. The number of furan rings is 1. The van der Waals surface area contributed by atoms with E-state index in [1.165, 1.54) is 0 Å². The molecular weight excluding hydrogens is 362 g/mol. The summed E-state index contributed by atoms with van der Waals surface area (Å²) in [7, 11) is 0. The molecule has 0 radical (unpaired) electrons. The monoisotopic (exact) mass is 383 g/mol. The number of carboxylic acid groups (broad SMARTS) is 1. The Bertz CT molecular complexity index is 1020. The van der Waals surface area contributed by atoms with Crippen molar-refractivity contribution in [2.75, 3.05) is 6.54 Å². The van der Waals surface area contributed by atoms with E-state index < -0.39 is 5.97 Å². The molecule has 2 N–H and O–H groups in total. The molecule has 28 heavy (non-hydrogen) atoms. The molecule has 0 aromatic carbocycles. The van der Waals surface area contributed by atoms with Gasteiger partial charge in [0.1, 0.15) is 11.5 Å². The fourth-order valence-corrected chi connectivity index (χ4v) is 3.35. The number of nitrogens with zero attached hydrogens (tertiary/aromatic N) is 4. The van der Waals surface area contributed by atoms with Crippen molar-refractivity contribution in [2.24, 2.45) is 0 Å². The number of carbonyl (C=O) groups excluding carboxylic acids is 1. The van der Waals surface area contributed by atoms with Gasteiger partial charge in [-0.15, -0.1) is 0 Å². The summed E-state index contributed by atoms with van der Waals surface area (Å²) in [4.78, 5) is 25.5. The first-order valence-corrected chi connectivity index (χ1v) is 9.18. The van der Waals surface area contributed by atoms with Crippen molar-refractivity contribution >= 4 is 11.9 Å². The first-order valence-electron chi connectivity index (χ1n) is 9.18. The van der Waals surface area contributed by atoms with E-state index >= 15 is 0 Å². The predicted molar refractivity (Wildman–Crippen MR) is 98.6 cm³/mol. The molecule has 1 amide bonds. The van der Waals surface area contributed by atoms with E-state index in [-0.39, 0.29) is 12.3 Å². The minimum absolute atomic E-state index is 0.0431. The molecule has 9 heteroatoms. The third-order valence-corrected chi connectivity index (χ3v) is 4.75. The van der Waals surface area contributed by atoms with Crippen LogP contribution in [0.15, 0.2) is 28.7 Å². The van der Waals surface area contributed by atoms with Gasteiger partial charge in [-0.2, -0.15) is 10.2 Å². The Morgan fingerprint density at radius 3 is 2.89 bits per heavy atom. The molecule has 146 valence electrons. The summed E-state index contributed by atoms with van der Waals surface area (Å²) in [5, 5.41) is 20.3. The minimum atomic E-state index is -0.846. The van der Waals surface area contributed by atoms with Crippen molar-refractivity contribution in [3.05, 3.63) is 47.1 Å². The number of aliphatic carboxylic acids is 1. The van der Waals surface area contributed by atoms with E-state index in [4.69, 9.17) is 9.52 Å². The van der Waals surface area contributed by atoms with E-state index in [9.17, 15) is 9.59 Å². The average Bonchev–Trinajstić information content (AvgIpc) is 3.37. The second-order valence-corrected chi connectivity index (χ2v) is 6.90. The van der Waals surface area contributed by atoms with Crippen molar-refractivity contribution in [3.8, 4) is 11.5 Å². The van der Waals surface area contributed by atoms with Gasteiger partial charge in [0.25, 0.3) is 5.91 Å². The van der Waals surface area contributed by atoms with Crippen LogP contribution >= 0.6 is 0 Å². The molecule has 0 bridgehead atoms. The highest BCUT2D eigenvalue weighted by Gasteiger charge is 2.24. The Hall–Kier alpha value is -3.36. The number of amides is 1. The third-order valence-electron chi connectivity index (χ3n) is 4.75. The van der Waals surface area contributed by atoms with Crippen LogP contribution in [0.1, 0.15) is 40.5 Å². The predicted octanol–water partition coefficient (Wildman–Crippen LogP) is 2.24. The summed E-state index contributed by atoms with van der Waals surface area (Å²) < 4.78 is 7.43. The van der Waals surface area contributed by atoms with Crippen LogP contribution in [0.4, 0.5) is 0 Å². The van der Waals surface area contributed by atoms with Crippen LogP contribution < -0.4 is 0 Å². The van der Waals surface area contributed by atoms with Gasteiger partial charge in [0.05, 0.1) is 24.4 Å². The lowest BCUT2D eigenvalue weighted by Gasteiger charge is -2.18. The number of hydrogen-bond acceptors (Lipinski definition) is 5. The highest BCUT2D eigenvalue weighted by atomic mass is 16.4. The van der Waals surface area contributed by atoms with Gasteiger partial charge in [0, 0.05) is 25.6 Å². The Labute approximate surface area is 161 Å². The van der Waals surface area contributed by atoms with Crippen molar-refractivity contribution in [1.82, 2.24) is 24.9 Å². The SMILES string of the molecule is Cc1ccc(-c2cc(C(=O)N3CCCn4nc(CCC(=O)O)cc4C3)n[nH]2)o1. The van der Waals surface area contributed by atoms with Gasteiger partial charge in [0.15, 0.2) is 11.5 Å². The van der Waals surface area contributed by atoms with Crippen LogP contribution in [-0.2, 0) is 24.3 Å². The van der Waals surface area contributed by atoms with Gasteiger partial charge in [-0.05, 0) is 31.5 Å². The summed E-state index contributed by atoms with van der Waals surface area (Å²) in [6, 6.07) is 7.27. The number of hydrogen-bond donors (Lipinski definition) is 2. The zero-order chi connectivity index (χ0) is 19.7. The fraction of sp³-hybridized carbons (Fsp3) is 0.368. The number of carboxylic acids is 1. The van der Waals surface area contributed by atoms with Crippen molar-refractivity contribution < 1.29 is 19.1 Å². The smallest absolute Gasteiger partial charge is 0.303 e. The van der Waals surface area contributed by atoms with E-state index in [1.807, 2.05) is 29.8 Å². The van der Waals surface area contributed by atoms with Gasteiger partial charge in [-0.25, -0.2) is 0 Å². The number of aromatic nitrogens is 4. The second-order valence-electron chi connectivity index (χ2n) is 6.90. The highest BCUT2D eigenvalue weighted by Crippen LogP contribution is 2.22. The number of aromatic amines is 1. The van der Waals surface area contributed by atoms with Crippen LogP contribution in [0.25, 0.3) is 11.5 Å². The number of carbonyl (C=O) groups is 2. The number of nitrogens with one attached hydrogen (secondary N) is 1. The Balaban J connectivity index is 1.49. The lowest BCUT2D eigenvalue weighted by molar-refractivity contribution is -0.136. The molecule has 3 aromatic heterocycles. The molecule has 0 saturated heterocycles. The quantitative estimate of drug-likeness (QED) is 0.698. The molecule has 1 aliphatic rings. The second kappa shape index (κ2) is 7.34. The van der Waals surface area contributed by atoms with E-state index in [0.29, 0.717) is 43.2 Å². The van der Waals surface area contributed by atoms with Crippen molar-refractivity contribution in [1.29, 1.82) is 0 Å². The van der Waals surface area contributed by atoms with Gasteiger partial charge < -0.3 is 14.4 Å². The van der Waals surface area contributed by atoms with Crippen molar-refractivity contribution in [2.45, 2.75) is 39.3 Å². The molecule has 3 aromatic rings. The molecule has 0 saturated carbocycles. The lowest BCUT2D eigenvalue weighted by atomic mass is 10.2. The number of fused-ring (bicyclic) bond motifs is 1. The van der Waals surface area contributed by atoms with Crippen molar-refractivity contribution in [3.63, 3.8) is 0 Å². The standard InChI is InChI=1S/C19H21N5O4/c1-12-3-5-17(28-12)15-10-16(21-20-15)19(27)23-7-2-8-24-14(11-23)9-13(22-24)4-6-18(25)26/h3,5,9-10H,2,4,6-8,11H2,1H3,(H,20,21)(H,25,26). The van der Waals surface area contributed by atoms with Gasteiger partial charge in [0.2, 0.25) is 0 Å². The summed E-state index contributed by atoms with van der Waals surface area (Å²) in [5.74, 6) is 0.423. The zero-order valence-corrected chi connectivity index (χ0v) is 15.5. The van der Waals surface area contributed by atoms with Crippen LogP contribution in [0.3, 0.4) is 0 Å². The van der Waals surface area contributed by atoms with Crippen LogP contribution in [-0.4, -0.2) is 48.4 Å².